The zero-order valence-electron chi connectivity index (χ0n) is 8.77. The van der Waals surface area contributed by atoms with Crippen molar-refractivity contribution in [2.45, 2.75) is 13.0 Å². The fraction of sp³-hybridized carbons (Fsp3) is 0.250. The van der Waals surface area contributed by atoms with Gasteiger partial charge in [0.05, 0.1) is 29.4 Å². The molecule has 0 unspecified atom stereocenters. The molecule has 2 nitrogen and oxygen atoms in total. The summed E-state index contributed by atoms with van der Waals surface area (Å²) in [7, 11) is 0. The molecule has 0 saturated carbocycles. The van der Waals surface area contributed by atoms with Crippen molar-refractivity contribution in [3.8, 4) is 0 Å². The first kappa shape index (κ1) is 11.6. The van der Waals surface area contributed by atoms with Crippen LogP contribution in [0.25, 0.3) is 10.9 Å². The molecule has 2 heterocycles. The molecule has 1 aliphatic rings. The van der Waals surface area contributed by atoms with Crippen LogP contribution >= 0.6 is 34.2 Å². The molecular weight excluding hydrogens is 355 g/mol. The highest BCUT2D eigenvalue weighted by molar-refractivity contribution is 14.1. The van der Waals surface area contributed by atoms with Gasteiger partial charge < -0.3 is 4.74 Å². The molecule has 2 aromatic rings. The molecule has 0 saturated heterocycles. The molecule has 0 atom stereocenters. The lowest BCUT2D eigenvalue weighted by molar-refractivity contribution is 0.109. The van der Waals surface area contributed by atoms with E-state index in [0.717, 1.165) is 26.8 Å². The fourth-order valence-electron chi connectivity index (χ4n) is 2.04. The van der Waals surface area contributed by atoms with Gasteiger partial charge in [-0.25, -0.2) is 4.39 Å². The first-order valence-corrected chi connectivity index (χ1v) is 6.66. The second-order valence-electron chi connectivity index (χ2n) is 3.94. The molecular formula is C12H8ClFINO. The number of halogens is 3. The lowest BCUT2D eigenvalue weighted by Crippen LogP contribution is -2.13. The van der Waals surface area contributed by atoms with Crippen LogP contribution in [0.3, 0.4) is 0 Å². The Balaban J connectivity index is 2.40. The fourth-order valence-corrected chi connectivity index (χ4v) is 3.05. The quantitative estimate of drug-likeness (QED) is 0.666. The van der Waals surface area contributed by atoms with Gasteiger partial charge in [-0.15, -0.1) is 0 Å². The van der Waals surface area contributed by atoms with E-state index >= 15 is 0 Å². The van der Waals surface area contributed by atoms with Crippen LogP contribution < -0.4 is 0 Å². The third-order valence-corrected chi connectivity index (χ3v) is 4.11. The van der Waals surface area contributed by atoms with Crippen molar-refractivity contribution in [1.82, 2.24) is 4.98 Å². The van der Waals surface area contributed by atoms with Crippen LogP contribution in [-0.2, 0) is 17.8 Å². The van der Waals surface area contributed by atoms with Crippen LogP contribution in [0, 0.1) is 9.39 Å². The maximum absolute atomic E-state index is 13.4. The zero-order valence-corrected chi connectivity index (χ0v) is 11.7. The van der Waals surface area contributed by atoms with Crippen molar-refractivity contribution < 1.29 is 9.13 Å². The molecule has 88 valence electrons. The number of rotatable bonds is 0. The van der Waals surface area contributed by atoms with E-state index in [-0.39, 0.29) is 5.82 Å². The van der Waals surface area contributed by atoms with E-state index in [1.54, 1.807) is 0 Å². The summed E-state index contributed by atoms with van der Waals surface area (Å²) in [6.07, 6.45) is 0.762. The summed E-state index contributed by atoms with van der Waals surface area (Å²) in [6.45, 7) is 1.13. The number of hydrogen-bond donors (Lipinski definition) is 0. The van der Waals surface area contributed by atoms with Crippen molar-refractivity contribution in [2.24, 2.45) is 0 Å². The van der Waals surface area contributed by atoms with Crippen molar-refractivity contribution in [3.63, 3.8) is 0 Å². The molecule has 3 rings (SSSR count). The predicted octanol–water partition coefficient (Wildman–Crippen LogP) is 3.70. The van der Waals surface area contributed by atoms with Gasteiger partial charge in [0.2, 0.25) is 0 Å². The highest BCUT2D eigenvalue weighted by Gasteiger charge is 2.19. The normalized spacial score (nSPS) is 15.0. The SMILES string of the molecule is Fc1cc(I)c2nc3c(c(Cl)c2c1)COCC3. The third-order valence-electron chi connectivity index (χ3n) is 2.85. The van der Waals surface area contributed by atoms with Gasteiger partial charge in [-0.05, 0) is 34.7 Å². The number of nitrogens with zero attached hydrogens (tertiary/aromatic N) is 1. The van der Waals surface area contributed by atoms with Crippen LogP contribution in [0.4, 0.5) is 4.39 Å². The first-order chi connectivity index (χ1) is 8.16. The van der Waals surface area contributed by atoms with Crippen LogP contribution in [0.5, 0.6) is 0 Å². The Hall–Kier alpha value is -0.460. The van der Waals surface area contributed by atoms with Gasteiger partial charge in [0.15, 0.2) is 0 Å². The molecule has 0 bridgehead atoms. The number of fused-ring (bicyclic) bond motifs is 2. The van der Waals surface area contributed by atoms with E-state index in [1.807, 2.05) is 0 Å². The number of pyridine rings is 1. The highest BCUT2D eigenvalue weighted by atomic mass is 127. The van der Waals surface area contributed by atoms with Gasteiger partial charge >= 0.3 is 0 Å². The van der Waals surface area contributed by atoms with Crippen molar-refractivity contribution in [3.05, 3.63) is 37.8 Å². The Morgan fingerprint density at radius 1 is 1.41 bits per heavy atom. The summed E-state index contributed by atoms with van der Waals surface area (Å²) >= 11 is 8.40. The smallest absolute Gasteiger partial charge is 0.125 e. The molecule has 0 amide bonds. The molecule has 0 aliphatic carbocycles. The summed E-state index contributed by atoms with van der Waals surface area (Å²) in [4.78, 5) is 4.58. The number of benzene rings is 1. The van der Waals surface area contributed by atoms with Crippen LogP contribution in [0.2, 0.25) is 5.02 Å². The minimum absolute atomic E-state index is 0.290. The van der Waals surface area contributed by atoms with Crippen molar-refractivity contribution in [2.75, 3.05) is 6.61 Å². The van der Waals surface area contributed by atoms with E-state index in [4.69, 9.17) is 16.3 Å². The maximum Gasteiger partial charge on any atom is 0.125 e. The van der Waals surface area contributed by atoms with Gasteiger partial charge in [0.1, 0.15) is 5.82 Å². The van der Waals surface area contributed by atoms with Gasteiger partial charge in [-0.1, -0.05) is 11.6 Å². The van der Waals surface area contributed by atoms with Crippen LogP contribution in [-0.4, -0.2) is 11.6 Å². The van der Waals surface area contributed by atoms with E-state index in [2.05, 4.69) is 27.6 Å². The molecule has 1 aromatic heterocycles. The van der Waals surface area contributed by atoms with Gasteiger partial charge in [0.25, 0.3) is 0 Å². The van der Waals surface area contributed by atoms with Crippen molar-refractivity contribution >= 4 is 45.1 Å². The second-order valence-corrected chi connectivity index (χ2v) is 5.48. The highest BCUT2D eigenvalue weighted by Crippen LogP contribution is 2.33. The first-order valence-electron chi connectivity index (χ1n) is 5.20. The second kappa shape index (κ2) is 4.33. The van der Waals surface area contributed by atoms with E-state index in [1.165, 1.54) is 12.1 Å². The molecule has 0 fully saturated rings. The van der Waals surface area contributed by atoms with Gasteiger partial charge in [-0.2, -0.15) is 0 Å². The third kappa shape index (κ3) is 1.92. The summed E-state index contributed by atoms with van der Waals surface area (Å²) in [5, 5.41) is 1.24. The summed E-state index contributed by atoms with van der Waals surface area (Å²) < 4.78 is 19.5. The number of ether oxygens (including phenoxy) is 1. The van der Waals surface area contributed by atoms with E-state index in [9.17, 15) is 4.39 Å². The lowest BCUT2D eigenvalue weighted by atomic mass is 10.1. The van der Waals surface area contributed by atoms with Crippen LogP contribution in [0.15, 0.2) is 12.1 Å². The van der Waals surface area contributed by atoms with E-state index < -0.39 is 0 Å². The Morgan fingerprint density at radius 3 is 3.06 bits per heavy atom. The summed E-state index contributed by atoms with van der Waals surface area (Å²) in [5.74, 6) is -0.290. The summed E-state index contributed by atoms with van der Waals surface area (Å²) in [6, 6.07) is 2.90. The standard InChI is InChI=1S/C12H8ClFINO/c13-11-7-3-6(14)4-9(15)12(7)16-10-1-2-17-5-8(10)11/h3-4H,1-2,5H2. The number of aromatic nitrogens is 1. The van der Waals surface area contributed by atoms with E-state index in [0.29, 0.717) is 23.6 Å². The summed E-state index contributed by atoms with van der Waals surface area (Å²) in [5.41, 5.74) is 2.64. The largest absolute Gasteiger partial charge is 0.376 e. The predicted molar refractivity (Wildman–Crippen MR) is 72.8 cm³/mol. The Labute approximate surface area is 116 Å². The maximum atomic E-state index is 13.4. The molecule has 1 aromatic carbocycles. The minimum Gasteiger partial charge on any atom is -0.376 e. The number of hydrogen-bond acceptors (Lipinski definition) is 2. The average Bonchev–Trinajstić information content (AvgIpc) is 2.31. The Kier molecular flexibility index (Phi) is 2.96. The lowest BCUT2D eigenvalue weighted by Gasteiger charge is -2.18. The van der Waals surface area contributed by atoms with Crippen molar-refractivity contribution in [1.29, 1.82) is 0 Å². The molecule has 0 spiro atoms. The zero-order chi connectivity index (χ0) is 12.0. The minimum atomic E-state index is -0.290. The van der Waals surface area contributed by atoms with Gasteiger partial charge in [-0.3, -0.25) is 4.98 Å². The topological polar surface area (TPSA) is 22.1 Å². The Morgan fingerprint density at radius 2 is 2.24 bits per heavy atom. The molecule has 17 heavy (non-hydrogen) atoms. The van der Waals surface area contributed by atoms with Gasteiger partial charge in [0, 0.05) is 20.9 Å². The monoisotopic (exact) mass is 363 g/mol. The molecule has 0 N–H and O–H groups in total. The van der Waals surface area contributed by atoms with Crippen LogP contribution in [0.1, 0.15) is 11.3 Å². The average molecular weight is 364 g/mol. The molecule has 0 radical (unpaired) electrons. The molecule has 1 aliphatic heterocycles. The Bertz CT molecular complexity index is 617. The molecule has 5 heteroatoms.